The summed E-state index contributed by atoms with van der Waals surface area (Å²) in [6.45, 7) is 1.72. The van der Waals surface area contributed by atoms with Crippen molar-refractivity contribution in [3.8, 4) is 22.6 Å². The van der Waals surface area contributed by atoms with E-state index < -0.39 is 40.1 Å². The van der Waals surface area contributed by atoms with Crippen LogP contribution in [-0.4, -0.2) is 19.3 Å². The number of hydrogen-bond acceptors (Lipinski definition) is 3. The molecule has 0 atom stereocenters. The van der Waals surface area contributed by atoms with Gasteiger partial charge in [0.15, 0.2) is 23.2 Å². The number of rotatable bonds is 5. The molecule has 0 bridgehead atoms. The van der Waals surface area contributed by atoms with Gasteiger partial charge in [-0.3, -0.25) is 0 Å². The SMILES string of the molecule is CCOc1ccc(-c2ccc(O[B]O)c(F)c2F)c(F)c1F. The molecule has 1 radical (unpaired) electrons. The van der Waals surface area contributed by atoms with Crippen molar-refractivity contribution in [2.45, 2.75) is 6.92 Å². The normalized spacial score (nSPS) is 10.5. The van der Waals surface area contributed by atoms with Crippen molar-refractivity contribution in [3.63, 3.8) is 0 Å². The predicted octanol–water partition coefficient (Wildman–Crippen LogP) is 3.21. The maximum atomic E-state index is 14.0. The molecule has 3 nitrogen and oxygen atoms in total. The molecule has 0 aliphatic heterocycles. The van der Waals surface area contributed by atoms with Crippen molar-refractivity contribution in [2.75, 3.05) is 6.61 Å². The third-order valence-corrected chi connectivity index (χ3v) is 2.86. The molecule has 0 heterocycles. The molecule has 0 saturated heterocycles. The minimum absolute atomic E-state index is 0.127. The lowest BCUT2D eigenvalue weighted by molar-refractivity contribution is 0.314. The van der Waals surface area contributed by atoms with E-state index in [4.69, 9.17) is 9.76 Å². The highest BCUT2D eigenvalue weighted by molar-refractivity contribution is 6.17. The van der Waals surface area contributed by atoms with Crippen LogP contribution in [0.15, 0.2) is 24.3 Å². The average molecular weight is 313 g/mol. The zero-order valence-corrected chi connectivity index (χ0v) is 11.4. The molecule has 0 spiro atoms. The summed E-state index contributed by atoms with van der Waals surface area (Å²) in [5, 5.41) is 8.42. The van der Waals surface area contributed by atoms with Gasteiger partial charge in [0.25, 0.3) is 0 Å². The Bertz CT molecular complexity index is 635. The largest absolute Gasteiger partial charge is 0.569 e. The third-order valence-electron chi connectivity index (χ3n) is 2.86. The smallest absolute Gasteiger partial charge is 0.535 e. The minimum atomic E-state index is -1.43. The molecule has 0 saturated carbocycles. The Labute approximate surface area is 124 Å². The molecule has 0 amide bonds. The zero-order chi connectivity index (χ0) is 16.3. The summed E-state index contributed by atoms with van der Waals surface area (Å²) in [4.78, 5) is 0. The topological polar surface area (TPSA) is 38.7 Å². The molecule has 0 unspecified atom stereocenters. The van der Waals surface area contributed by atoms with Crippen molar-refractivity contribution in [3.05, 3.63) is 47.5 Å². The summed E-state index contributed by atoms with van der Waals surface area (Å²) in [7, 11) is 0.175. The van der Waals surface area contributed by atoms with Crippen molar-refractivity contribution in [1.82, 2.24) is 0 Å². The molecule has 0 aliphatic rings. The monoisotopic (exact) mass is 313 g/mol. The van der Waals surface area contributed by atoms with Gasteiger partial charge in [-0.25, -0.2) is 8.78 Å². The summed E-state index contributed by atoms with van der Waals surface area (Å²) in [5.74, 6) is -6.41. The van der Waals surface area contributed by atoms with E-state index in [0.717, 1.165) is 24.3 Å². The van der Waals surface area contributed by atoms with Gasteiger partial charge >= 0.3 is 7.69 Å². The highest BCUT2D eigenvalue weighted by atomic mass is 19.2. The first-order valence-corrected chi connectivity index (χ1v) is 6.23. The number of ether oxygens (including phenoxy) is 1. The van der Waals surface area contributed by atoms with E-state index in [1.54, 1.807) is 6.92 Å². The summed E-state index contributed by atoms with van der Waals surface area (Å²) in [6.07, 6.45) is 0. The van der Waals surface area contributed by atoms with E-state index in [1.807, 2.05) is 0 Å². The summed E-state index contributed by atoms with van der Waals surface area (Å²) in [6, 6.07) is 4.20. The lowest BCUT2D eigenvalue weighted by atomic mass is 10.0. The van der Waals surface area contributed by atoms with Gasteiger partial charge in [-0.15, -0.1) is 0 Å². The van der Waals surface area contributed by atoms with E-state index in [1.165, 1.54) is 0 Å². The van der Waals surface area contributed by atoms with Gasteiger partial charge < -0.3 is 14.4 Å². The van der Waals surface area contributed by atoms with Crippen LogP contribution in [0.1, 0.15) is 6.92 Å². The molecule has 0 aromatic heterocycles. The molecular weight excluding hydrogens is 303 g/mol. The van der Waals surface area contributed by atoms with Crippen LogP contribution in [0.3, 0.4) is 0 Å². The Morgan fingerprint density at radius 3 is 1.86 bits per heavy atom. The van der Waals surface area contributed by atoms with Crippen molar-refractivity contribution in [1.29, 1.82) is 0 Å². The average Bonchev–Trinajstić information content (AvgIpc) is 2.50. The van der Waals surface area contributed by atoms with Crippen molar-refractivity contribution >= 4 is 7.69 Å². The number of hydrogen-bond donors (Lipinski definition) is 1. The van der Waals surface area contributed by atoms with Crippen molar-refractivity contribution < 1.29 is 32.0 Å². The Morgan fingerprint density at radius 1 is 0.864 bits per heavy atom. The molecular formula is C14H10BF4O3. The molecule has 1 N–H and O–H groups in total. The molecule has 8 heteroatoms. The molecule has 2 rings (SSSR count). The molecule has 2 aromatic rings. The van der Waals surface area contributed by atoms with Crippen LogP contribution < -0.4 is 9.39 Å². The van der Waals surface area contributed by atoms with E-state index in [-0.39, 0.29) is 20.0 Å². The summed E-state index contributed by atoms with van der Waals surface area (Å²) < 4.78 is 64.7. The first-order chi connectivity index (χ1) is 10.5. The van der Waals surface area contributed by atoms with Crippen molar-refractivity contribution in [2.24, 2.45) is 0 Å². The Hall–Kier alpha value is -2.22. The Balaban J connectivity index is 2.53. The Kier molecular flexibility index (Phi) is 4.92. The van der Waals surface area contributed by atoms with E-state index in [9.17, 15) is 17.6 Å². The fraction of sp³-hybridized carbons (Fsp3) is 0.143. The maximum absolute atomic E-state index is 14.0. The highest BCUT2D eigenvalue weighted by Gasteiger charge is 2.21. The van der Waals surface area contributed by atoms with Crippen LogP contribution in [0.25, 0.3) is 11.1 Å². The number of benzene rings is 2. The second-order valence-corrected chi connectivity index (χ2v) is 4.13. The van der Waals surface area contributed by atoms with Gasteiger partial charge in [-0.2, -0.15) is 8.78 Å². The second kappa shape index (κ2) is 6.70. The molecule has 22 heavy (non-hydrogen) atoms. The molecule has 115 valence electrons. The summed E-state index contributed by atoms with van der Waals surface area (Å²) in [5.41, 5.74) is -0.945. The van der Waals surface area contributed by atoms with Gasteiger partial charge in [0.05, 0.1) is 6.61 Å². The van der Waals surface area contributed by atoms with E-state index >= 15 is 0 Å². The highest BCUT2D eigenvalue weighted by Crippen LogP contribution is 2.34. The summed E-state index contributed by atoms with van der Waals surface area (Å²) >= 11 is 0. The minimum Gasteiger partial charge on any atom is -0.535 e. The first kappa shape index (κ1) is 16.2. The second-order valence-electron chi connectivity index (χ2n) is 4.13. The molecule has 0 fully saturated rings. The lowest BCUT2D eigenvalue weighted by Gasteiger charge is -2.11. The van der Waals surface area contributed by atoms with Gasteiger partial charge in [0, 0.05) is 11.1 Å². The van der Waals surface area contributed by atoms with Gasteiger partial charge in [0.1, 0.15) is 5.75 Å². The quantitative estimate of drug-likeness (QED) is 0.680. The first-order valence-electron chi connectivity index (χ1n) is 6.23. The molecule has 0 aliphatic carbocycles. The maximum Gasteiger partial charge on any atom is 0.569 e. The standard InChI is InChI=1S/C14H10BF4O3/c1-2-21-9-5-3-7(11(16)13(9)18)8-4-6-10(22-15-20)14(19)12(8)17/h3-6,20H,2H2,1H3. The Morgan fingerprint density at radius 2 is 1.36 bits per heavy atom. The van der Waals surface area contributed by atoms with Crippen LogP contribution in [0, 0.1) is 23.3 Å². The van der Waals surface area contributed by atoms with Crippen LogP contribution in [0.5, 0.6) is 11.5 Å². The van der Waals surface area contributed by atoms with Gasteiger partial charge in [-0.1, -0.05) is 0 Å². The van der Waals surface area contributed by atoms with Gasteiger partial charge in [0.2, 0.25) is 5.82 Å². The van der Waals surface area contributed by atoms with Crippen LogP contribution >= 0.6 is 0 Å². The third kappa shape index (κ3) is 2.87. The lowest BCUT2D eigenvalue weighted by Crippen LogP contribution is -2.04. The zero-order valence-electron chi connectivity index (χ0n) is 11.4. The number of halogens is 4. The fourth-order valence-electron chi connectivity index (χ4n) is 1.89. The van der Waals surface area contributed by atoms with Crippen LogP contribution in [-0.2, 0) is 0 Å². The molecule has 2 aromatic carbocycles. The van der Waals surface area contributed by atoms with E-state index in [2.05, 4.69) is 4.65 Å². The predicted molar refractivity (Wildman–Crippen MR) is 71.5 cm³/mol. The van der Waals surface area contributed by atoms with E-state index in [0.29, 0.717) is 0 Å². The van der Waals surface area contributed by atoms with Crippen LogP contribution in [0.4, 0.5) is 17.6 Å². The van der Waals surface area contributed by atoms with Gasteiger partial charge in [-0.05, 0) is 31.2 Å². The fourth-order valence-corrected chi connectivity index (χ4v) is 1.89. The van der Waals surface area contributed by atoms with Crippen LogP contribution in [0.2, 0.25) is 0 Å².